The smallest absolute Gasteiger partial charge is 0.273 e. The fourth-order valence-corrected chi connectivity index (χ4v) is 5.47. The van der Waals surface area contributed by atoms with Crippen molar-refractivity contribution in [2.45, 2.75) is 20.3 Å². The molecule has 0 unspecified atom stereocenters. The first kappa shape index (κ1) is 27.7. The number of thiophene rings is 1. The van der Waals surface area contributed by atoms with Gasteiger partial charge in [-0.25, -0.2) is 0 Å². The highest BCUT2D eigenvalue weighted by Gasteiger charge is 2.17. The number of benzene rings is 2. The maximum absolute atomic E-state index is 13.3. The first-order chi connectivity index (χ1) is 16.5. The number of aromatic nitrogens is 1. The normalized spacial score (nSPS) is 13.2. The molecule has 1 amide bonds. The van der Waals surface area contributed by atoms with E-state index in [1.54, 1.807) is 30.0 Å². The summed E-state index contributed by atoms with van der Waals surface area (Å²) in [6.07, 6.45) is 4.04. The molecule has 3 heterocycles. The Balaban J connectivity index is 0.00000180. The Labute approximate surface area is 225 Å². The first-order valence-corrected chi connectivity index (χ1v) is 12.3. The van der Waals surface area contributed by atoms with Crippen LogP contribution in [0.4, 0.5) is 5.69 Å². The van der Waals surface area contributed by atoms with Crippen LogP contribution in [0.25, 0.3) is 26.2 Å². The van der Waals surface area contributed by atoms with Gasteiger partial charge in [0.15, 0.2) is 0 Å². The molecule has 9 heteroatoms. The van der Waals surface area contributed by atoms with Crippen molar-refractivity contribution in [3.63, 3.8) is 0 Å². The molecular formula is C27H29Cl2N3O3S. The molecule has 2 aromatic heterocycles. The second-order valence-corrected chi connectivity index (χ2v) is 9.80. The minimum atomic E-state index is -0.101. The molecule has 6 nitrogen and oxygen atoms in total. The van der Waals surface area contributed by atoms with Crippen molar-refractivity contribution in [3.8, 4) is 21.9 Å². The Morgan fingerprint density at radius 1 is 1.08 bits per heavy atom. The number of nitrogens with zero attached hydrogens (tertiary/aromatic N) is 2. The third-order valence-corrected chi connectivity index (χ3v) is 7.45. The van der Waals surface area contributed by atoms with Gasteiger partial charge in [-0.3, -0.25) is 19.1 Å². The number of carbonyl (C=O) groups excluding carboxylic acids is 1. The summed E-state index contributed by atoms with van der Waals surface area (Å²) in [6, 6.07) is 16.9. The number of pyridine rings is 1. The molecule has 1 aliphatic rings. The van der Waals surface area contributed by atoms with Gasteiger partial charge in [-0.1, -0.05) is 31.2 Å². The lowest BCUT2D eigenvalue weighted by atomic mass is 10.2. The molecule has 1 fully saturated rings. The van der Waals surface area contributed by atoms with Gasteiger partial charge in [0, 0.05) is 27.5 Å². The Hall–Kier alpha value is -2.84. The van der Waals surface area contributed by atoms with Crippen molar-refractivity contribution in [2.24, 2.45) is 0 Å². The second kappa shape index (κ2) is 11.9. The molecule has 0 bridgehead atoms. The van der Waals surface area contributed by atoms with E-state index in [2.05, 4.69) is 10.2 Å². The number of likely N-dealkylation sites (tertiary alicyclic amines) is 1. The van der Waals surface area contributed by atoms with E-state index in [1.165, 1.54) is 11.3 Å². The number of hydrogen-bond donors (Lipinski definition) is 1. The number of carbonyl (C=O) groups is 1. The summed E-state index contributed by atoms with van der Waals surface area (Å²) in [7, 11) is 1.55. The molecule has 0 spiro atoms. The van der Waals surface area contributed by atoms with Crippen LogP contribution in [-0.2, 0) is 4.79 Å². The zero-order valence-corrected chi connectivity index (χ0v) is 21.5. The van der Waals surface area contributed by atoms with Crippen molar-refractivity contribution in [1.82, 2.24) is 9.47 Å². The van der Waals surface area contributed by atoms with Gasteiger partial charge in [0.25, 0.3) is 5.56 Å². The molecule has 2 aromatic carbocycles. The topological polar surface area (TPSA) is 63.6 Å². The van der Waals surface area contributed by atoms with Crippen molar-refractivity contribution >= 4 is 57.0 Å². The van der Waals surface area contributed by atoms with Gasteiger partial charge in [0.05, 0.1) is 25.0 Å². The van der Waals surface area contributed by atoms with Crippen LogP contribution in [0.3, 0.4) is 0 Å². The summed E-state index contributed by atoms with van der Waals surface area (Å²) in [6.45, 7) is 2.28. The number of halogens is 2. The predicted molar refractivity (Wildman–Crippen MR) is 153 cm³/mol. The van der Waals surface area contributed by atoms with Gasteiger partial charge in [-0.05, 0) is 67.9 Å². The third-order valence-electron chi connectivity index (χ3n) is 6.01. The summed E-state index contributed by atoms with van der Waals surface area (Å²) >= 11 is 7.47. The molecule has 1 aliphatic heterocycles. The van der Waals surface area contributed by atoms with Crippen LogP contribution in [0.1, 0.15) is 20.3 Å². The first-order valence-electron chi connectivity index (χ1n) is 11.1. The fraction of sp³-hybridized carbons (Fsp3) is 0.259. The van der Waals surface area contributed by atoms with E-state index in [0.717, 1.165) is 41.8 Å². The van der Waals surface area contributed by atoms with Crippen LogP contribution in [-0.4, -0.2) is 42.1 Å². The van der Waals surface area contributed by atoms with Crippen molar-refractivity contribution in [2.75, 3.05) is 32.1 Å². The fourth-order valence-electron chi connectivity index (χ4n) is 4.25. The summed E-state index contributed by atoms with van der Waals surface area (Å²) in [5.74, 6) is 0.437. The summed E-state index contributed by atoms with van der Waals surface area (Å²) in [5, 5.41) is 4.51. The average molecular weight is 547 g/mol. The maximum atomic E-state index is 13.3. The Morgan fingerprint density at radius 2 is 1.81 bits per heavy atom. The van der Waals surface area contributed by atoms with Crippen molar-refractivity contribution in [1.29, 1.82) is 0 Å². The van der Waals surface area contributed by atoms with E-state index < -0.39 is 0 Å². The number of ether oxygens (including phenoxy) is 1. The molecule has 0 saturated carbocycles. The number of anilines is 1. The number of nitrogens with one attached hydrogen (secondary N) is 1. The summed E-state index contributed by atoms with van der Waals surface area (Å²) in [4.78, 5) is 28.9. The third kappa shape index (κ3) is 5.76. The van der Waals surface area contributed by atoms with E-state index in [-0.39, 0.29) is 31.3 Å². The Bertz CT molecular complexity index is 1410. The largest absolute Gasteiger partial charge is 0.494 e. The lowest BCUT2D eigenvalue weighted by molar-refractivity contribution is -0.117. The molecule has 0 aliphatic carbocycles. The molecule has 36 heavy (non-hydrogen) atoms. The molecule has 1 N–H and O–H groups in total. The molecular weight excluding hydrogens is 517 g/mol. The zero-order valence-electron chi connectivity index (χ0n) is 19.1. The number of amides is 1. The monoisotopic (exact) mass is 545 g/mol. The van der Waals surface area contributed by atoms with Gasteiger partial charge in [0.1, 0.15) is 10.4 Å². The van der Waals surface area contributed by atoms with Gasteiger partial charge in [-0.2, -0.15) is 0 Å². The minimum absolute atomic E-state index is 0. The standard InChI is InChI=1S/C26H24ClN3O3S.CH4.ClH/c1-33-22-15-20(8-9-21(22)28-24(31)16-29-11-2-3-12-29)30-13-10-18-14-23(34-25(18)26(30)32)17-4-6-19(27)7-5-17;;/h4-10,13-15H,2-3,11-12,16H2,1H3,(H,28,31);1H4;1H. The quantitative estimate of drug-likeness (QED) is 0.301. The Morgan fingerprint density at radius 3 is 2.50 bits per heavy atom. The van der Waals surface area contributed by atoms with Crippen molar-refractivity contribution in [3.05, 3.63) is 76.2 Å². The lowest BCUT2D eigenvalue weighted by Gasteiger charge is -2.16. The molecule has 4 aromatic rings. The molecule has 1 saturated heterocycles. The molecule has 5 rings (SSSR count). The molecule has 0 radical (unpaired) electrons. The lowest BCUT2D eigenvalue weighted by Crippen LogP contribution is -2.31. The SMILES string of the molecule is C.COc1cc(-n2ccc3cc(-c4ccc(Cl)cc4)sc3c2=O)ccc1NC(=O)CN1CCCC1.Cl. The highest BCUT2D eigenvalue weighted by Crippen LogP contribution is 2.33. The number of methoxy groups -OCH3 is 1. The second-order valence-electron chi connectivity index (χ2n) is 8.31. The van der Waals surface area contributed by atoms with E-state index in [0.29, 0.717) is 33.4 Å². The zero-order chi connectivity index (χ0) is 23.7. The van der Waals surface area contributed by atoms with Crippen molar-refractivity contribution < 1.29 is 9.53 Å². The van der Waals surface area contributed by atoms with E-state index in [4.69, 9.17) is 16.3 Å². The maximum Gasteiger partial charge on any atom is 0.273 e. The minimum Gasteiger partial charge on any atom is -0.494 e. The number of rotatable bonds is 6. The highest BCUT2D eigenvalue weighted by molar-refractivity contribution is 7.22. The summed E-state index contributed by atoms with van der Waals surface area (Å²) < 4.78 is 7.80. The number of hydrogen-bond acceptors (Lipinski definition) is 5. The van der Waals surface area contributed by atoms with Gasteiger partial charge >= 0.3 is 0 Å². The Kier molecular flexibility index (Phi) is 9.19. The van der Waals surface area contributed by atoms with Crippen LogP contribution in [0, 0.1) is 0 Å². The average Bonchev–Trinajstić information content (AvgIpc) is 3.50. The molecule has 190 valence electrons. The molecule has 0 atom stereocenters. The van der Waals surface area contributed by atoms with E-state index in [9.17, 15) is 9.59 Å². The summed E-state index contributed by atoms with van der Waals surface area (Å²) in [5.41, 5.74) is 2.18. The highest BCUT2D eigenvalue weighted by atomic mass is 35.5. The van der Waals surface area contributed by atoms with Crippen LogP contribution in [0.15, 0.2) is 65.6 Å². The number of fused-ring (bicyclic) bond motifs is 1. The van der Waals surface area contributed by atoms with Crippen LogP contribution in [0.5, 0.6) is 5.75 Å². The van der Waals surface area contributed by atoms with Gasteiger partial charge in [-0.15, -0.1) is 23.7 Å². The van der Waals surface area contributed by atoms with Gasteiger partial charge in [0.2, 0.25) is 5.91 Å². The van der Waals surface area contributed by atoms with Crippen LogP contribution in [0.2, 0.25) is 5.02 Å². The van der Waals surface area contributed by atoms with Crippen LogP contribution < -0.4 is 15.6 Å². The van der Waals surface area contributed by atoms with E-state index >= 15 is 0 Å². The van der Waals surface area contributed by atoms with E-state index in [1.807, 2.05) is 42.5 Å². The van der Waals surface area contributed by atoms with Crippen LogP contribution >= 0.6 is 35.3 Å². The van der Waals surface area contributed by atoms with Gasteiger partial charge < -0.3 is 10.1 Å². The predicted octanol–water partition coefficient (Wildman–Crippen LogP) is 6.47.